The van der Waals surface area contributed by atoms with E-state index in [9.17, 15) is 0 Å². The molecule has 5 heteroatoms. The van der Waals surface area contributed by atoms with E-state index in [4.69, 9.17) is 11.6 Å². The molecule has 0 saturated carbocycles. The van der Waals surface area contributed by atoms with Crippen molar-refractivity contribution in [3.8, 4) is 0 Å². The zero-order valence-electron chi connectivity index (χ0n) is 11.2. The van der Waals surface area contributed by atoms with Crippen molar-refractivity contribution in [3.63, 3.8) is 0 Å². The van der Waals surface area contributed by atoms with Crippen LogP contribution < -0.4 is 5.32 Å². The van der Waals surface area contributed by atoms with Crippen molar-refractivity contribution in [1.82, 2.24) is 15.1 Å². The third-order valence-electron chi connectivity index (χ3n) is 3.16. The van der Waals surface area contributed by atoms with Gasteiger partial charge in [0.2, 0.25) is 0 Å². The third kappa shape index (κ3) is 2.86. The van der Waals surface area contributed by atoms with Gasteiger partial charge in [-0.3, -0.25) is 4.68 Å². The molecule has 0 aliphatic carbocycles. The van der Waals surface area contributed by atoms with Gasteiger partial charge in [-0.15, -0.1) is 0 Å². The van der Waals surface area contributed by atoms with E-state index in [1.54, 1.807) is 6.20 Å². The molecule has 2 rings (SSSR count). The summed E-state index contributed by atoms with van der Waals surface area (Å²) < 4.78 is 3.00. The highest BCUT2D eigenvalue weighted by atomic mass is 79.9. The molecule has 0 aliphatic rings. The normalized spacial score (nSPS) is 12.7. The molecular formula is C14H17BrClN3. The first-order valence-electron chi connectivity index (χ1n) is 6.23. The summed E-state index contributed by atoms with van der Waals surface area (Å²) in [6.45, 7) is 4.93. The van der Waals surface area contributed by atoms with Crippen LogP contribution in [0.25, 0.3) is 0 Å². The smallest absolute Gasteiger partial charge is 0.0837 e. The second kappa shape index (κ2) is 6.07. The summed E-state index contributed by atoms with van der Waals surface area (Å²) >= 11 is 9.92. The summed E-state index contributed by atoms with van der Waals surface area (Å²) in [6, 6.07) is 6.35. The second-order valence-corrected chi connectivity index (χ2v) is 5.70. The van der Waals surface area contributed by atoms with Gasteiger partial charge in [-0.1, -0.05) is 39.7 Å². The van der Waals surface area contributed by atoms with Crippen molar-refractivity contribution in [2.75, 3.05) is 7.05 Å². The minimum atomic E-state index is 0.0184. The lowest BCUT2D eigenvalue weighted by molar-refractivity contribution is 0.562. The molecule has 0 aliphatic heterocycles. The fourth-order valence-electron chi connectivity index (χ4n) is 2.22. The first-order chi connectivity index (χ1) is 9.08. The molecule has 0 bridgehead atoms. The van der Waals surface area contributed by atoms with Crippen LogP contribution in [0.4, 0.5) is 0 Å². The predicted molar refractivity (Wildman–Crippen MR) is 82.7 cm³/mol. The Bertz CT molecular complexity index is 580. The van der Waals surface area contributed by atoms with E-state index in [1.807, 2.05) is 11.7 Å². The van der Waals surface area contributed by atoms with Gasteiger partial charge in [0.05, 0.1) is 23.0 Å². The number of hydrogen-bond donors (Lipinski definition) is 1. The second-order valence-electron chi connectivity index (χ2n) is 4.44. The largest absolute Gasteiger partial charge is 0.308 e. The van der Waals surface area contributed by atoms with Crippen LogP contribution in [0.15, 0.2) is 28.9 Å². The summed E-state index contributed by atoms with van der Waals surface area (Å²) in [5.74, 6) is 0. The molecule has 0 amide bonds. The number of nitrogens with zero attached hydrogens (tertiary/aromatic N) is 2. The molecule has 0 fully saturated rings. The Balaban J connectivity index is 2.52. The highest BCUT2D eigenvalue weighted by Gasteiger charge is 2.22. The van der Waals surface area contributed by atoms with Crippen molar-refractivity contribution in [3.05, 3.63) is 50.7 Å². The van der Waals surface area contributed by atoms with Gasteiger partial charge in [0.25, 0.3) is 0 Å². The summed E-state index contributed by atoms with van der Waals surface area (Å²) in [6.07, 6.45) is 1.70. The zero-order chi connectivity index (χ0) is 14.0. The molecule has 1 heterocycles. The predicted octanol–water partition coefficient (Wildman–Crippen LogP) is 3.94. The van der Waals surface area contributed by atoms with Crippen molar-refractivity contribution in [2.45, 2.75) is 26.4 Å². The standard InChI is InChI=1S/C14H17BrClN3/c1-4-19-14(12(16)8-18-19)13(17-3)10-6-5-9(2)7-11(10)15/h5-8,13,17H,4H2,1-3H3. The van der Waals surface area contributed by atoms with Gasteiger partial charge in [0.15, 0.2) is 0 Å². The van der Waals surface area contributed by atoms with Crippen molar-refractivity contribution in [1.29, 1.82) is 0 Å². The topological polar surface area (TPSA) is 29.9 Å². The van der Waals surface area contributed by atoms with E-state index >= 15 is 0 Å². The van der Waals surface area contributed by atoms with Gasteiger partial charge in [0, 0.05) is 11.0 Å². The van der Waals surface area contributed by atoms with Gasteiger partial charge in [-0.05, 0) is 38.1 Å². The van der Waals surface area contributed by atoms with Crippen LogP contribution >= 0.6 is 27.5 Å². The number of aryl methyl sites for hydroxylation is 2. The van der Waals surface area contributed by atoms with E-state index in [-0.39, 0.29) is 6.04 Å². The third-order valence-corrected chi connectivity index (χ3v) is 4.14. The van der Waals surface area contributed by atoms with E-state index in [2.05, 4.69) is 58.4 Å². The molecule has 1 N–H and O–H groups in total. The molecule has 1 atom stereocenters. The fraction of sp³-hybridized carbons (Fsp3) is 0.357. The number of hydrogen-bond acceptors (Lipinski definition) is 2. The maximum Gasteiger partial charge on any atom is 0.0837 e. The van der Waals surface area contributed by atoms with Gasteiger partial charge < -0.3 is 5.32 Å². The van der Waals surface area contributed by atoms with Crippen molar-refractivity contribution < 1.29 is 0 Å². The Morgan fingerprint density at radius 2 is 2.21 bits per heavy atom. The molecule has 0 radical (unpaired) electrons. The molecule has 3 nitrogen and oxygen atoms in total. The highest BCUT2D eigenvalue weighted by Crippen LogP contribution is 2.32. The van der Waals surface area contributed by atoms with Crippen LogP contribution in [0.3, 0.4) is 0 Å². The fourth-order valence-corrected chi connectivity index (χ4v) is 3.19. The minimum Gasteiger partial charge on any atom is -0.308 e. The average Bonchev–Trinajstić information content (AvgIpc) is 2.74. The number of benzene rings is 1. The lowest BCUT2D eigenvalue weighted by atomic mass is 10.0. The van der Waals surface area contributed by atoms with Crippen LogP contribution in [-0.2, 0) is 6.54 Å². The first-order valence-corrected chi connectivity index (χ1v) is 7.40. The monoisotopic (exact) mass is 341 g/mol. The van der Waals surface area contributed by atoms with Crippen LogP contribution in [0.2, 0.25) is 5.02 Å². The SMILES string of the molecule is CCn1ncc(Cl)c1C(NC)c1ccc(C)cc1Br. The Labute approximate surface area is 127 Å². The summed E-state index contributed by atoms with van der Waals surface area (Å²) in [7, 11) is 1.93. The van der Waals surface area contributed by atoms with Crippen LogP contribution in [-0.4, -0.2) is 16.8 Å². The molecule has 1 aromatic carbocycles. The van der Waals surface area contributed by atoms with Crippen LogP contribution in [0, 0.1) is 6.92 Å². The number of rotatable bonds is 4. The quantitative estimate of drug-likeness (QED) is 0.912. The molecule has 1 unspecified atom stereocenters. The molecule has 2 aromatic rings. The zero-order valence-corrected chi connectivity index (χ0v) is 13.6. The lowest BCUT2D eigenvalue weighted by Crippen LogP contribution is -2.22. The lowest BCUT2D eigenvalue weighted by Gasteiger charge is -2.20. The van der Waals surface area contributed by atoms with Gasteiger partial charge in [-0.2, -0.15) is 5.10 Å². The first kappa shape index (κ1) is 14.6. The van der Waals surface area contributed by atoms with E-state index in [1.165, 1.54) is 5.56 Å². The molecule has 0 spiro atoms. The molecule has 19 heavy (non-hydrogen) atoms. The Kier molecular flexibility index (Phi) is 4.66. The Morgan fingerprint density at radius 1 is 1.47 bits per heavy atom. The van der Waals surface area contributed by atoms with E-state index < -0.39 is 0 Å². The van der Waals surface area contributed by atoms with Crippen molar-refractivity contribution in [2.24, 2.45) is 0 Å². The number of nitrogens with one attached hydrogen (secondary N) is 1. The molecule has 1 aromatic heterocycles. The maximum absolute atomic E-state index is 6.29. The number of aromatic nitrogens is 2. The van der Waals surface area contributed by atoms with Gasteiger partial charge in [-0.25, -0.2) is 0 Å². The highest BCUT2D eigenvalue weighted by molar-refractivity contribution is 9.10. The molecule has 0 saturated heterocycles. The number of halogens is 2. The van der Waals surface area contributed by atoms with E-state index in [0.717, 1.165) is 22.3 Å². The average molecular weight is 343 g/mol. The molecular weight excluding hydrogens is 326 g/mol. The summed E-state index contributed by atoms with van der Waals surface area (Å²) in [4.78, 5) is 0. The molecule has 102 valence electrons. The van der Waals surface area contributed by atoms with E-state index in [0.29, 0.717) is 5.02 Å². The van der Waals surface area contributed by atoms with Crippen molar-refractivity contribution >= 4 is 27.5 Å². The summed E-state index contributed by atoms with van der Waals surface area (Å²) in [5, 5.41) is 8.32. The van der Waals surface area contributed by atoms with Gasteiger partial charge in [0.1, 0.15) is 0 Å². The Hall–Kier alpha value is -0.840. The minimum absolute atomic E-state index is 0.0184. The van der Waals surface area contributed by atoms with Crippen LogP contribution in [0.5, 0.6) is 0 Å². The Morgan fingerprint density at radius 3 is 2.79 bits per heavy atom. The maximum atomic E-state index is 6.29. The van der Waals surface area contributed by atoms with Crippen LogP contribution in [0.1, 0.15) is 29.8 Å². The summed E-state index contributed by atoms with van der Waals surface area (Å²) in [5.41, 5.74) is 3.38. The van der Waals surface area contributed by atoms with Gasteiger partial charge >= 0.3 is 0 Å².